The smallest absolute Gasteiger partial charge is 0.267 e. The summed E-state index contributed by atoms with van der Waals surface area (Å²) in [6.45, 7) is 3.99. The fraction of sp³-hybridized carbons (Fsp3) is 0.353. The molecule has 0 radical (unpaired) electrons. The number of fused-ring (bicyclic) bond motifs is 1. The summed E-state index contributed by atoms with van der Waals surface area (Å²) in [5.74, 6) is 0.00943. The third-order valence-electron chi connectivity index (χ3n) is 3.87. The molecule has 5 nitrogen and oxygen atoms in total. The maximum atomic E-state index is 12.4. The van der Waals surface area contributed by atoms with Crippen molar-refractivity contribution in [2.75, 3.05) is 11.1 Å². The molecule has 2 aromatic rings. The first-order valence-electron chi connectivity index (χ1n) is 7.80. The van der Waals surface area contributed by atoms with Gasteiger partial charge in [0.25, 0.3) is 5.56 Å². The maximum Gasteiger partial charge on any atom is 0.267 e. The zero-order chi connectivity index (χ0) is 18.1. The number of thioether (sulfide) groups is 2. The van der Waals surface area contributed by atoms with E-state index in [4.69, 9.17) is 11.6 Å². The van der Waals surface area contributed by atoms with Gasteiger partial charge in [0.2, 0.25) is 5.91 Å². The predicted octanol–water partition coefficient (Wildman–Crippen LogP) is 3.51. The van der Waals surface area contributed by atoms with Gasteiger partial charge in [-0.3, -0.25) is 14.2 Å². The number of rotatable bonds is 4. The molecule has 0 aliphatic carbocycles. The maximum absolute atomic E-state index is 12.4. The van der Waals surface area contributed by atoms with E-state index in [1.54, 1.807) is 24.9 Å². The SMILES string of the molecule is Cc1ccc(NC(=O)CSc2nc3c(c(=O)n2C)SC(C)C3)cc1Cl. The molecular formula is C17H18ClN3O2S2. The van der Waals surface area contributed by atoms with Gasteiger partial charge in [-0.05, 0) is 24.6 Å². The van der Waals surface area contributed by atoms with E-state index in [9.17, 15) is 9.59 Å². The van der Waals surface area contributed by atoms with Crippen molar-refractivity contribution in [2.45, 2.75) is 35.6 Å². The Labute approximate surface area is 159 Å². The van der Waals surface area contributed by atoms with E-state index in [2.05, 4.69) is 17.2 Å². The number of nitrogens with zero attached hydrogens (tertiary/aromatic N) is 2. The van der Waals surface area contributed by atoms with Crippen molar-refractivity contribution >= 4 is 46.7 Å². The first-order chi connectivity index (χ1) is 11.8. The summed E-state index contributed by atoms with van der Waals surface area (Å²) >= 11 is 8.90. The number of amides is 1. The van der Waals surface area contributed by atoms with Crippen molar-refractivity contribution in [3.05, 3.63) is 44.8 Å². The van der Waals surface area contributed by atoms with Crippen LogP contribution in [0.25, 0.3) is 0 Å². The van der Waals surface area contributed by atoms with Crippen LogP contribution in [0.2, 0.25) is 5.02 Å². The van der Waals surface area contributed by atoms with Crippen molar-refractivity contribution in [1.29, 1.82) is 0 Å². The summed E-state index contributed by atoms with van der Waals surface area (Å²) in [4.78, 5) is 29.9. The van der Waals surface area contributed by atoms with Gasteiger partial charge in [-0.25, -0.2) is 4.98 Å². The van der Waals surface area contributed by atoms with Crippen LogP contribution in [0.15, 0.2) is 33.0 Å². The minimum Gasteiger partial charge on any atom is -0.325 e. The highest BCUT2D eigenvalue weighted by Gasteiger charge is 2.25. The lowest BCUT2D eigenvalue weighted by atomic mass is 10.2. The molecule has 0 spiro atoms. The zero-order valence-electron chi connectivity index (χ0n) is 14.1. The van der Waals surface area contributed by atoms with Crippen LogP contribution < -0.4 is 10.9 Å². The van der Waals surface area contributed by atoms with E-state index in [1.165, 1.54) is 16.3 Å². The van der Waals surface area contributed by atoms with Crippen LogP contribution in [0.3, 0.4) is 0 Å². The number of halogens is 1. The Morgan fingerprint density at radius 1 is 1.52 bits per heavy atom. The quantitative estimate of drug-likeness (QED) is 0.634. The lowest BCUT2D eigenvalue weighted by Gasteiger charge is -2.10. The largest absolute Gasteiger partial charge is 0.325 e. The summed E-state index contributed by atoms with van der Waals surface area (Å²) < 4.78 is 1.52. The molecule has 1 N–H and O–H groups in total. The van der Waals surface area contributed by atoms with Gasteiger partial charge in [0.05, 0.1) is 16.3 Å². The predicted molar refractivity (Wildman–Crippen MR) is 104 cm³/mol. The van der Waals surface area contributed by atoms with Gasteiger partial charge in [-0.2, -0.15) is 0 Å². The molecular weight excluding hydrogens is 378 g/mol. The molecule has 2 heterocycles. The van der Waals surface area contributed by atoms with Crippen LogP contribution in [0.4, 0.5) is 5.69 Å². The number of aromatic nitrogens is 2. The van der Waals surface area contributed by atoms with Gasteiger partial charge in [-0.1, -0.05) is 36.4 Å². The second kappa shape index (κ2) is 7.43. The first kappa shape index (κ1) is 18.4. The van der Waals surface area contributed by atoms with Crippen LogP contribution in [0.1, 0.15) is 18.2 Å². The number of hydrogen-bond donors (Lipinski definition) is 1. The van der Waals surface area contributed by atoms with E-state index >= 15 is 0 Å². The Hall–Kier alpha value is -1.44. The second-order valence-electron chi connectivity index (χ2n) is 5.97. The van der Waals surface area contributed by atoms with Gasteiger partial charge in [0.1, 0.15) is 0 Å². The molecule has 1 aromatic carbocycles. The van der Waals surface area contributed by atoms with Crippen LogP contribution in [0, 0.1) is 6.92 Å². The van der Waals surface area contributed by atoms with Gasteiger partial charge >= 0.3 is 0 Å². The van der Waals surface area contributed by atoms with Crippen molar-refractivity contribution in [2.24, 2.45) is 7.05 Å². The number of carbonyl (C=O) groups is 1. The van der Waals surface area contributed by atoms with Gasteiger partial charge in [0, 0.05) is 29.4 Å². The Balaban J connectivity index is 1.68. The van der Waals surface area contributed by atoms with Crippen LogP contribution in [0.5, 0.6) is 0 Å². The summed E-state index contributed by atoms with van der Waals surface area (Å²) in [7, 11) is 1.69. The molecule has 1 unspecified atom stereocenters. The summed E-state index contributed by atoms with van der Waals surface area (Å²) in [6.07, 6.45) is 0.789. The van der Waals surface area contributed by atoms with Crippen molar-refractivity contribution in [1.82, 2.24) is 9.55 Å². The average Bonchev–Trinajstić information content (AvgIpc) is 2.94. The minimum absolute atomic E-state index is 0.0347. The molecule has 1 aliphatic rings. The number of anilines is 1. The Bertz CT molecular complexity index is 898. The summed E-state index contributed by atoms with van der Waals surface area (Å²) in [5, 5.41) is 4.35. The Morgan fingerprint density at radius 2 is 2.28 bits per heavy atom. The molecule has 0 saturated heterocycles. The summed E-state index contributed by atoms with van der Waals surface area (Å²) in [5.41, 5.74) is 2.42. The molecule has 1 atom stereocenters. The number of aryl methyl sites for hydroxylation is 1. The normalized spacial score (nSPS) is 15.9. The fourth-order valence-corrected chi connectivity index (χ4v) is 4.61. The summed E-state index contributed by atoms with van der Waals surface area (Å²) in [6, 6.07) is 5.39. The molecule has 132 valence electrons. The molecule has 8 heteroatoms. The highest BCUT2D eigenvalue weighted by atomic mass is 35.5. The van der Waals surface area contributed by atoms with Crippen LogP contribution >= 0.6 is 35.1 Å². The van der Waals surface area contributed by atoms with Gasteiger partial charge in [0.15, 0.2) is 5.16 Å². The molecule has 1 aliphatic heterocycles. The topological polar surface area (TPSA) is 64.0 Å². The number of hydrogen-bond acceptors (Lipinski definition) is 5. The van der Waals surface area contributed by atoms with Crippen molar-refractivity contribution < 1.29 is 4.79 Å². The Morgan fingerprint density at radius 3 is 3.00 bits per heavy atom. The van der Waals surface area contributed by atoms with E-state index < -0.39 is 0 Å². The number of benzene rings is 1. The highest BCUT2D eigenvalue weighted by molar-refractivity contribution is 8.00. The van der Waals surface area contributed by atoms with Crippen LogP contribution in [-0.4, -0.2) is 26.5 Å². The molecule has 1 aromatic heterocycles. The first-order valence-corrected chi connectivity index (χ1v) is 10.0. The highest BCUT2D eigenvalue weighted by Crippen LogP contribution is 2.33. The van der Waals surface area contributed by atoms with Gasteiger partial charge in [-0.15, -0.1) is 11.8 Å². The van der Waals surface area contributed by atoms with E-state index in [0.29, 0.717) is 21.1 Å². The van der Waals surface area contributed by atoms with Gasteiger partial charge < -0.3 is 5.32 Å². The average molecular weight is 396 g/mol. The van der Waals surface area contributed by atoms with Crippen molar-refractivity contribution in [3.8, 4) is 0 Å². The molecule has 0 fully saturated rings. The second-order valence-corrected chi connectivity index (χ2v) is 8.77. The molecule has 1 amide bonds. The number of carbonyl (C=O) groups excluding carboxylic acids is 1. The molecule has 25 heavy (non-hydrogen) atoms. The van der Waals surface area contributed by atoms with E-state index in [-0.39, 0.29) is 17.2 Å². The molecule has 3 rings (SSSR count). The van der Waals surface area contributed by atoms with E-state index in [1.807, 2.05) is 19.1 Å². The third kappa shape index (κ3) is 4.04. The molecule has 0 saturated carbocycles. The molecule has 0 bridgehead atoms. The van der Waals surface area contributed by atoms with Crippen molar-refractivity contribution in [3.63, 3.8) is 0 Å². The third-order valence-corrected chi connectivity index (χ3v) is 6.52. The number of nitrogens with one attached hydrogen (secondary N) is 1. The minimum atomic E-state index is -0.164. The van der Waals surface area contributed by atoms with E-state index in [0.717, 1.165) is 22.6 Å². The zero-order valence-corrected chi connectivity index (χ0v) is 16.5. The van der Waals surface area contributed by atoms with Crippen LogP contribution in [-0.2, 0) is 18.3 Å². The fourth-order valence-electron chi connectivity index (χ4n) is 2.50. The lowest BCUT2D eigenvalue weighted by molar-refractivity contribution is -0.113. The lowest BCUT2D eigenvalue weighted by Crippen LogP contribution is -2.23. The Kier molecular flexibility index (Phi) is 5.46. The monoisotopic (exact) mass is 395 g/mol. The standard InChI is InChI=1S/C17H18ClN3O2S2/c1-9-4-5-11(7-12(9)18)19-14(22)8-24-17-20-13-6-10(2)25-15(13)16(23)21(17)3/h4-5,7,10H,6,8H2,1-3H3,(H,19,22).